The maximum atomic E-state index is 12.2. The fourth-order valence-electron chi connectivity index (χ4n) is 3.52. The van der Waals surface area contributed by atoms with Gasteiger partial charge in [0.15, 0.2) is 0 Å². The van der Waals surface area contributed by atoms with E-state index < -0.39 is 0 Å². The van der Waals surface area contributed by atoms with Gasteiger partial charge in [0, 0.05) is 51.6 Å². The molecule has 1 aliphatic heterocycles. The van der Waals surface area contributed by atoms with Crippen molar-refractivity contribution in [3.8, 4) is 0 Å². The number of amides is 3. The summed E-state index contributed by atoms with van der Waals surface area (Å²) in [5, 5.41) is 2.89. The molecule has 3 amide bonds. The summed E-state index contributed by atoms with van der Waals surface area (Å²) in [6, 6.07) is 6.06. The van der Waals surface area contributed by atoms with Gasteiger partial charge in [0.25, 0.3) is 0 Å². The van der Waals surface area contributed by atoms with Crippen molar-refractivity contribution in [2.24, 2.45) is 0 Å². The Bertz CT molecular complexity index is 678. The first-order valence-electron chi connectivity index (χ1n) is 8.98. The van der Waals surface area contributed by atoms with Gasteiger partial charge in [-0.1, -0.05) is 6.07 Å². The molecule has 2 aliphatic rings. The van der Waals surface area contributed by atoms with Crippen molar-refractivity contribution in [3.63, 3.8) is 0 Å². The minimum Gasteiger partial charge on any atom is -0.339 e. The van der Waals surface area contributed by atoms with Gasteiger partial charge >= 0.3 is 0 Å². The molecule has 134 valence electrons. The van der Waals surface area contributed by atoms with Crippen LogP contribution in [-0.4, -0.2) is 53.7 Å². The number of hydrogen-bond acceptors (Lipinski definition) is 3. The quantitative estimate of drug-likeness (QED) is 0.902. The lowest BCUT2D eigenvalue weighted by Gasteiger charge is -2.34. The first-order chi connectivity index (χ1) is 12.0. The van der Waals surface area contributed by atoms with Crippen LogP contribution in [0.3, 0.4) is 0 Å². The smallest absolute Gasteiger partial charge is 0.224 e. The Balaban J connectivity index is 1.43. The molecule has 6 nitrogen and oxygen atoms in total. The number of nitrogens with one attached hydrogen (secondary N) is 1. The fraction of sp³-hybridized carbons (Fsp3) is 0.526. The maximum absolute atomic E-state index is 12.2. The van der Waals surface area contributed by atoms with Gasteiger partial charge in [-0.3, -0.25) is 14.4 Å². The first kappa shape index (κ1) is 17.5. The largest absolute Gasteiger partial charge is 0.339 e. The number of fused-ring (bicyclic) bond motifs is 1. The first-order valence-corrected chi connectivity index (χ1v) is 8.98. The molecule has 1 aliphatic carbocycles. The van der Waals surface area contributed by atoms with Crippen LogP contribution in [0.4, 0.5) is 5.69 Å². The van der Waals surface area contributed by atoms with Gasteiger partial charge in [-0.05, 0) is 42.5 Å². The molecule has 0 aromatic heterocycles. The summed E-state index contributed by atoms with van der Waals surface area (Å²) in [5.74, 6) is -0.109. The van der Waals surface area contributed by atoms with Gasteiger partial charge in [0.05, 0.1) is 0 Å². The number of hydrogen-bond donors (Lipinski definition) is 1. The summed E-state index contributed by atoms with van der Waals surface area (Å²) >= 11 is 0. The second-order valence-electron chi connectivity index (χ2n) is 6.77. The van der Waals surface area contributed by atoms with Crippen LogP contribution in [-0.2, 0) is 27.2 Å². The highest BCUT2D eigenvalue weighted by Gasteiger charge is 2.22. The monoisotopic (exact) mass is 343 g/mol. The molecule has 1 aromatic rings. The van der Waals surface area contributed by atoms with Crippen molar-refractivity contribution in [2.45, 2.75) is 39.0 Å². The van der Waals surface area contributed by atoms with E-state index in [-0.39, 0.29) is 30.6 Å². The summed E-state index contributed by atoms with van der Waals surface area (Å²) < 4.78 is 0. The molecule has 0 spiro atoms. The van der Waals surface area contributed by atoms with Gasteiger partial charge in [-0.15, -0.1) is 0 Å². The number of carbonyl (C=O) groups is 3. The van der Waals surface area contributed by atoms with Gasteiger partial charge in [0.1, 0.15) is 0 Å². The Labute approximate surface area is 148 Å². The molecule has 0 saturated carbocycles. The van der Waals surface area contributed by atoms with E-state index in [1.165, 1.54) is 17.5 Å². The van der Waals surface area contributed by atoms with Crippen LogP contribution in [0.25, 0.3) is 0 Å². The lowest BCUT2D eigenvalue weighted by molar-refractivity contribution is -0.138. The Morgan fingerprint density at radius 1 is 0.960 bits per heavy atom. The predicted octanol–water partition coefficient (Wildman–Crippen LogP) is 1.58. The molecule has 0 atom stereocenters. The summed E-state index contributed by atoms with van der Waals surface area (Å²) in [6.07, 6.45) is 3.76. The molecule has 1 fully saturated rings. The number of piperazine rings is 1. The van der Waals surface area contributed by atoms with Crippen LogP contribution in [0, 0.1) is 0 Å². The Hall–Kier alpha value is -2.37. The third-order valence-corrected chi connectivity index (χ3v) is 5.03. The molecule has 0 radical (unpaired) electrons. The minimum atomic E-state index is -0.131. The van der Waals surface area contributed by atoms with Crippen LogP contribution in [0.5, 0.6) is 0 Å². The van der Waals surface area contributed by atoms with E-state index in [0.29, 0.717) is 26.2 Å². The zero-order valence-electron chi connectivity index (χ0n) is 14.7. The molecule has 25 heavy (non-hydrogen) atoms. The summed E-state index contributed by atoms with van der Waals surface area (Å²) in [4.78, 5) is 39.1. The summed E-state index contributed by atoms with van der Waals surface area (Å²) in [5.41, 5.74) is 3.50. The molecule has 0 bridgehead atoms. The van der Waals surface area contributed by atoms with E-state index in [4.69, 9.17) is 0 Å². The lowest BCUT2D eigenvalue weighted by atomic mass is 10.1. The zero-order chi connectivity index (χ0) is 17.8. The fourth-order valence-corrected chi connectivity index (χ4v) is 3.52. The minimum absolute atomic E-state index is 0.0210. The average Bonchev–Trinajstić information content (AvgIpc) is 3.07. The number of benzene rings is 1. The van der Waals surface area contributed by atoms with E-state index in [9.17, 15) is 14.4 Å². The molecular weight excluding hydrogens is 318 g/mol. The molecule has 1 heterocycles. The van der Waals surface area contributed by atoms with Gasteiger partial charge in [0.2, 0.25) is 17.7 Å². The normalized spacial score (nSPS) is 16.5. The number of carbonyl (C=O) groups excluding carboxylic acids is 3. The van der Waals surface area contributed by atoms with E-state index in [2.05, 4.69) is 11.4 Å². The van der Waals surface area contributed by atoms with Crippen LogP contribution >= 0.6 is 0 Å². The van der Waals surface area contributed by atoms with Crippen molar-refractivity contribution < 1.29 is 14.4 Å². The van der Waals surface area contributed by atoms with Gasteiger partial charge < -0.3 is 15.1 Å². The number of aryl methyl sites for hydroxylation is 2. The van der Waals surface area contributed by atoms with Crippen LogP contribution < -0.4 is 5.32 Å². The Kier molecular flexibility index (Phi) is 5.36. The van der Waals surface area contributed by atoms with Crippen molar-refractivity contribution in [2.75, 3.05) is 31.5 Å². The van der Waals surface area contributed by atoms with E-state index >= 15 is 0 Å². The highest BCUT2D eigenvalue weighted by molar-refractivity contribution is 5.93. The van der Waals surface area contributed by atoms with Crippen LogP contribution in [0.1, 0.15) is 37.3 Å². The summed E-state index contributed by atoms with van der Waals surface area (Å²) in [7, 11) is 0. The standard InChI is InChI=1S/C19H25N3O3/c1-14(23)21-9-11-22(12-10-21)19(25)8-7-18(24)20-17-6-5-15-3-2-4-16(15)13-17/h5-6,13H,2-4,7-12H2,1H3,(H,20,24). The van der Waals surface area contributed by atoms with E-state index in [1.807, 2.05) is 12.1 Å². The molecule has 1 saturated heterocycles. The topological polar surface area (TPSA) is 69.7 Å². The number of nitrogens with zero attached hydrogens (tertiary/aromatic N) is 2. The third-order valence-electron chi connectivity index (χ3n) is 5.03. The molecule has 1 N–H and O–H groups in total. The molecule has 6 heteroatoms. The molecule has 1 aromatic carbocycles. The van der Waals surface area contributed by atoms with E-state index in [0.717, 1.165) is 18.5 Å². The molecule has 0 unspecified atom stereocenters. The van der Waals surface area contributed by atoms with Crippen molar-refractivity contribution in [3.05, 3.63) is 29.3 Å². The third kappa shape index (κ3) is 4.38. The Morgan fingerprint density at radius 3 is 2.36 bits per heavy atom. The van der Waals surface area contributed by atoms with Crippen molar-refractivity contribution in [1.29, 1.82) is 0 Å². The predicted molar refractivity (Wildman–Crippen MR) is 95.2 cm³/mol. The molecule has 3 rings (SSSR count). The highest BCUT2D eigenvalue weighted by Crippen LogP contribution is 2.25. The SMILES string of the molecule is CC(=O)N1CCN(C(=O)CCC(=O)Nc2ccc3c(c2)CCC3)CC1. The maximum Gasteiger partial charge on any atom is 0.224 e. The molecular formula is C19H25N3O3. The second-order valence-corrected chi connectivity index (χ2v) is 6.77. The van der Waals surface area contributed by atoms with Crippen molar-refractivity contribution >= 4 is 23.4 Å². The van der Waals surface area contributed by atoms with Gasteiger partial charge in [-0.25, -0.2) is 0 Å². The average molecular weight is 343 g/mol. The van der Waals surface area contributed by atoms with Gasteiger partial charge in [-0.2, -0.15) is 0 Å². The van der Waals surface area contributed by atoms with Crippen LogP contribution in [0.15, 0.2) is 18.2 Å². The Morgan fingerprint density at radius 2 is 1.64 bits per heavy atom. The zero-order valence-corrected chi connectivity index (χ0v) is 14.7. The highest BCUT2D eigenvalue weighted by atomic mass is 16.2. The number of rotatable bonds is 4. The second kappa shape index (κ2) is 7.68. The van der Waals surface area contributed by atoms with Crippen LogP contribution in [0.2, 0.25) is 0 Å². The summed E-state index contributed by atoms with van der Waals surface area (Å²) in [6.45, 7) is 3.78. The van der Waals surface area contributed by atoms with E-state index in [1.54, 1.807) is 16.7 Å². The number of anilines is 1. The lowest BCUT2D eigenvalue weighted by Crippen LogP contribution is -2.50. The van der Waals surface area contributed by atoms with Crippen molar-refractivity contribution in [1.82, 2.24) is 9.80 Å².